The summed E-state index contributed by atoms with van der Waals surface area (Å²) in [5, 5.41) is 9.18. The molecule has 0 aromatic carbocycles. The number of carbonyl (C=O) groups excluding carboxylic acids is 1. The first-order chi connectivity index (χ1) is 5.54. The number of aliphatic hydroxyl groups excluding tert-OH is 1. The first-order valence-electron chi connectivity index (χ1n) is 3.84. The van der Waals surface area contributed by atoms with E-state index in [2.05, 4.69) is 16.6 Å². The highest BCUT2D eigenvalue weighted by molar-refractivity contribution is 5.66. The van der Waals surface area contributed by atoms with Gasteiger partial charge in [0.05, 0.1) is 0 Å². The highest BCUT2D eigenvalue weighted by Gasteiger charge is 2.02. The summed E-state index contributed by atoms with van der Waals surface area (Å²) in [6.07, 6.45) is -0.638. The lowest BCUT2D eigenvalue weighted by molar-refractivity contribution is -0.139. The Labute approximate surface area is 72.7 Å². The summed E-state index contributed by atoms with van der Waals surface area (Å²) in [5.74, 6) is 4.87. The molecule has 0 fully saturated rings. The summed E-state index contributed by atoms with van der Waals surface area (Å²) in [6, 6.07) is 0. The fourth-order valence-corrected chi connectivity index (χ4v) is 0.451. The molecule has 0 saturated carbocycles. The summed E-state index contributed by atoms with van der Waals surface area (Å²) in [7, 11) is 0. The molecular formula is C9H14O3. The van der Waals surface area contributed by atoms with E-state index in [9.17, 15) is 9.90 Å². The molecule has 1 atom stereocenters. The Kier molecular flexibility index (Phi) is 5.14. The van der Waals surface area contributed by atoms with Crippen molar-refractivity contribution >= 4 is 5.97 Å². The molecule has 68 valence electrons. The molecule has 0 aliphatic carbocycles. The first kappa shape index (κ1) is 11.0. The number of hydrogen-bond donors (Lipinski definition) is 1. The van der Waals surface area contributed by atoms with Gasteiger partial charge in [0.15, 0.2) is 6.61 Å². The van der Waals surface area contributed by atoms with Crippen LogP contribution in [0.5, 0.6) is 0 Å². The molecule has 12 heavy (non-hydrogen) atoms. The minimum absolute atomic E-state index is 0.0547. The highest BCUT2D eigenvalue weighted by atomic mass is 16.5. The van der Waals surface area contributed by atoms with E-state index in [-0.39, 0.29) is 18.5 Å². The lowest BCUT2D eigenvalue weighted by Crippen LogP contribution is -2.11. The van der Waals surface area contributed by atoms with Crippen LogP contribution in [-0.4, -0.2) is 23.8 Å². The second kappa shape index (κ2) is 5.62. The SMILES string of the molecule is CC(=O)OCC#CC(O)C(C)C. The standard InChI is InChI=1S/C9H14O3/c1-7(2)9(11)5-4-6-12-8(3)10/h7,9,11H,6H2,1-3H3. The summed E-state index contributed by atoms with van der Waals surface area (Å²) in [6.45, 7) is 5.11. The van der Waals surface area contributed by atoms with Gasteiger partial charge in [0.25, 0.3) is 0 Å². The average molecular weight is 170 g/mol. The van der Waals surface area contributed by atoms with Crippen LogP contribution in [0.25, 0.3) is 0 Å². The van der Waals surface area contributed by atoms with Gasteiger partial charge >= 0.3 is 5.97 Å². The highest BCUT2D eigenvalue weighted by Crippen LogP contribution is 1.97. The van der Waals surface area contributed by atoms with Crippen molar-refractivity contribution in [2.45, 2.75) is 26.9 Å². The molecule has 0 radical (unpaired) electrons. The molecule has 0 amide bonds. The van der Waals surface area contributed by atoms with Gasteiger partial charge in [0, 0.05) is 6.92 Å². The lowest BCUT2D eigenvalue weighted by atomic mass is 10.1. The Hall–Kier alpha value is -1.01. The molecule has 3 nitrogen and oxygen atoms in total. The molecule has 1 unspecified atom stereocenters. The van der Waals surface area contributed by atoms with Gasteiger partial charge < -0.3 is 9.84 Å². The normalized spacial score (nSPS) is 11.8. The van der Waals surface area contributed by atoms with Crippen LogP contribution in [0.3, 0.4) is 0 Å². The van der Waals surface area contributed by atoms with Crippen LogP contribution in [0.15, 0.2) is 0 Å². The monoisotopic (exact) mass is 170 g/mol. The Balaban J connectivity index is 3.66. The van der Waals surface area contributed by atoms with Crippen LogP contribution in [0.1, 0.15) is 20.8 Å². The minimum Gasteiger partial charge on any atom is -0.453 e. The van der Waals surface area contributed by atoms with Crippen molar-refractivity contribution in [2.24, 2.45) is 5.92 Å². The van der Waals surface area contributed by atoms with E-state index < -0.39 is 6.10 Å². The molecule has 0 spiro atoms. The van der Waals surface area contributed by atoms with E-state index in [1.54, 1.807) is 0 Å². The second-order valence-corrected chi connectivity index (χ2v) is 2.79. The molecule has 0 aliphatic rings. The molecule has 0 heterocycles. The predicted octanol–water partition coefficient (Wildman–Crippen LogP) is 0.570. The minimum atomic E-state index is -0.638. The number of esters is 1. The van der Waals surface area contributed by atoms with Crippen molar-refractivity contribution in [3.63, 3.8) is 0 Å². The smallest absolute Gasteiger partial charge is 0.303 e. The number of aliphatic hydroxyl groups is 1. The van der Waals surface area contributed by atoms with Crippen molar-refractivity contribution in [1.29, 1.82) is 0 Å². The molecule has 0 aliphatic heterocycles. The van der Waals surface area contributed by atoms with Crippen LogP contribution in [0.2, 0.25) is 0 Å². The predicted molar refractivity (Wildman–Crippen MR) is 45.3 cm³/mol. The quantitative estimate of drug-likeness (QED) is 0.487. The summed E-state index contributed by atoms with van der Waals surface area (Å²) in [4.78, 5) is 10.3. The maximum atomic E-state index is 10.3. The number of ether oxygens (including phenoxy) is 1. The van der Waals surface area contributed by atoms with E-state index in [1.807, 2.05) is 13.8 Å². The van der Waals surface area contributed by atoms with Gasteiger partial charge in [0.2, 0.25) is 0 Å². The van der Waals surface area contributed by atoms with Crippen LogP contribution < -0.4 is 0 Å². The van der Waals surface area contributed by atoms with E-state index in [4.69, 9.17) is 0 Å². The molecule has 0 rings (SSSR count). The third-order valence-corrected chi connectivity index (χ3v) is 1.23. The Morgan fingerprint density at radius 1 is 1.58 bits per heavy atom. The largest absolute Gasteiger partial charge is 0.453 e. The molecule has 0 bridgehead atoms. The third kappa shape index (κ3) is 5.75. The second-order valence-electron chi connectivity index (χ2n) is 2.79. The summed E-state index contributed by atoms with van der Waals surface area (Å²) >= 11 is 0. The van der Waals surface area contributed by atoms with Crippen LogP contribution in [0, 0.1) is 17.8 Å². The fraction of sp³-hybridized carbons (Fsp3) is 0.667. The maximum Gasteiger partial charge on any atom is 0.303 e. The van der Waals surface area contributed by atoms with Crippen molar-refractivity contribution in [2.75, 3.05) is 6.61 Å². The van der Waals surface area contributed by atoms with Crippen molar-refractivity contribution in [3.8, 4) is 11.8 Å². The number of hydrogen-bond acceptors (Lipinski definition) is 3. The van der Waals surface area contributed by atoms with Crippen LogP contribution >= 0.6 is 0 Å². The van der Waals surface area contributed by atoms with Gasteiger partial charge in [-0.3, -0.25) is 4.79 Å². The zero-order chi connectivity index (χ0) is 9.56. The zero-order valence-electron chi connectivity index (χ0n) is 7.63. The van der Waals surface area contributed by atoms with E-state index in [1.165, 1.54) is 6.92 Å². The maximum absolute atomic E-state index is 10.3. The van der Waals surface area contributed by atoms with Gasteiger partial charge in [-0.1, -0.05) is 25.7 Å². The van der Waals surface area contributed by atoms with Crippen LogP contribution in [-0.2, 0) is 9.53 Å². The Bertz CT molecular complexity index is 198. The molecule has 0 aromatic rings. The van der Waals surface area contributed by atoms with Crippen LogP contribution in [0.4, 0.5) is 0 Å². The summed E-state index contributed by atoms with van der Waals surface area (Å²) < 4.78 is 4.55. The van der Waals surface area contributed by atoms with Crippen molar-refractivity contribution in [3.05, 3.63) is 0 Å². The molecule has 0 aromatic heterocycles. The van der Waals surface area contributed by atoms with Crippen molar-refractivity contribution in [1.82, 2.24) is 0 Å². The average Bonchev–Trinajstić information content (AvgIpc) is 1.97. The van der Waals surface area contributed by atoms with Gasteiger partial charge in [-0.2, -0.15) is 0 Å². The van der Waals surface area contributed by atoms with Gasteiger partial charge in [-0.15, -0.1) is 0 Å². The molecule has 3 heteroatoms. The number of carbonyl (C=O) groups is 1. The van der Waals surface area contributed by atoms with Gasteiger partial charge in [-0.05, 0) is 5.92 Å². The summed E-state index contributed by atoms with van der Waals surface area (Å²) in [5.41, 5.74) is 0. The zero-order valence-corrected chi connectivity index (χ0v) is 7.63. The van der Waals surface area contributed by atoms with Crippen molar-refractivity contribution < 1.29 is 14.6 Å². The van der Waals surface area contributed by atoms with E-state index >= 15 is 0 Å². The van der Waals surface area contributed by atoms with E-state index in [0.29, 0.717) is 0 Å². The van der Waals surface area contributed by atoms with E-state index in [0.717, 1.165) is 0 Å². The van der Waals surface area contributed by atoms with Gasteiger partial charge in [0.1, 0.15) is 6.10 Å². The topological polar surface area (TPSA) is 46.5 Å². The molecule has 1 N–H and O–H groups in total. The molecular weight excluding hydrogens is 156 g/mol. The Morgan fingerprint density at radius 3 is 2.58 bits per heavy atom. The fourth-order valence-electron chi connectivity index (χ4n) is 0.451. The first-order valence-corrected chi connectivity index (χ1v) is 3.84. The lowest BCUT2D eigenvalue weighted by Gasteiger charge is -2.05. The third-order valence-electron chi connectivity index (χ3n) is 1.23. The molecule has 0 saturated heterocycles. The number of rotatable bonds is 2. The van der Waals surface area contributed by atoms with Gasteiger partial charge in [-0.25, -0.2) is 0 Å². The Morgan fingerprint density at radius 2 is 2.17 bits per heavy atom.